The summed E-state index contributed by atoms with van der Waals surface area (Å²) in [6, 6.07) is 5.79. The van der Waals surface area contributed by atoms with Gasteiger partial charge >= 0.3 is 6.03 Å². The van der Waals surface area contributed by atoms with E-state index in [-0.39, 0.29) is 4.90 Å². The number of carbonyl (C=O) groups excluding carboxylic acids is 1. The lowest BCUT2D eigenvalue weighted by Gasteiger charge is -2.21. The fraction of sp³-hybridized carbons (Fsp3) is 0.562. The molecule has 22 heavy (non-hydrogen) atoms. The van der Waals surface area contributed by atoms with E-state index in [0.29, 0.717) is 18.4 Å². The second-order valence-corrected chi connectivity index (χ2v) is 8.25. The topological polar surface area (TPSA) is 75.3 Å². The first-order valence-electron chi connectivity index (χ1n) is 7.81. The van der Waals surface area contributed by atoms with E-state index in [2.05, 4.69) is 10.0 Å². The van der Waals surface area contributed by atoms with E-state index in [0.717, 1.165) is 17.9 Å². The van der Waals surface area contributed by atoms with Crippen molar-refractivity contribution < 1.29 is 13.2 Å². The third-order valence-electron chi connectivity index (χ3n) is 4.97. The standard InChI is InChI=1S/C16H22N2O3S/c1-11-2-6-15(7-3-11)22(20,21)18-16(19)17-10-14-9-12-4-5-13(14)8-12/h2-3,6-7,12-14H,4-5,8-10H2,1H3,(H2,17,18,19)/t12-,13+,14+/m0/s1. The molecule has 2 N–H and O–H groups in total. The molecule has 2 bridgehead atoms. The van der Waals surface area contributed by atoms with Gasteiger partial charge in [-0.05, 0) is 56.1 Å². The lowest BCUT2D eigenvalue weighted by atomic mass is 9.89. The molecule has 0 heterocycles. The molecule has 0 aliphatic heterocycles. The minimum Gasteiger partial charge on any atom is -0.337 e. The molecule has 5 nitrogen and oxygen atoms in total. The molecule has 6 heteroatoms. The van der Waals surface area contributed by atoms with Crippen molar-refractivity contribution in [2.24, 2.45) is 17.8 Å². The summed E-state index contributed by atoms with van der Waals surface area (Å²) in [4.78, 5) is 12.0. The van der Waals surface area contributed by atoms with Crippen LogP contribution in [-0.4, -0.2) is 21.0 Å². The molecule has 0 saturated heterocycles. The molecule has 3 rings (SSSR count). The second kappa shape index (κ2) is 5.91. The van der Waals surface area contributed by atoms with E-state index < -0.39 is 16.1 Å². The minimum absolute atomic E-state index is 0.105. The molecule has 2 amide bonds. The summed E-state index contributed by atoms with van der Waals surface area (Å²) in [7, 11) is -3.79. The number of fused-ring (bicyclic) bond motifs is 2. The predicted molar refractivity (Wildman–Crippen MR) is 83.8 cm³/mol. The summed E-state index contributed by atoms with van der Waals surface area (Å²) >= 11 is 0. The van der Waals surface area contributed by atoms with Crippen molar-refractivity contribution in [2.75, 3.05) is 6.54 Å². The number of nitrogens with one attached hydrogen (secondary N) is 2. The average molecular weight is 322 g/mol. The predicted octanol–water partition coefficient (Wildman–Crippen LogP) is 2.42. The maximum atomic E-state index is 12.1. The van der Waals surface area contributed by atoms with Crippen molar-refractivity contribution >= 4 is 16.1 Å². The minimum atomic E-state index is -3.79. The Hall–Kier alpha value is -1.56. The molecular formula is C16H22N2O3S. The number of aryl methyl sites for hydroxylation is 1. The molecule has 2 aliphatic rings. The Morgan fingerprint density at radius 2 is 1.91 bits per heavy atom. The highest BCUT2D eigenvalue weighted by atomic mass is 32.2. The van der Waals surface area contributed by atoms with Crippen LogP contribution in [-0.2, 0) is 10.0 Å². The van der Waals surface area contributed by atoms with Gasteiger partial charge in [-0.2, -0.15) is 0 Å². The van der Waals surface area contributed by atoms with Gasteiger partial charge in [0.15, 0.2) is 0 Å². The Kier molecular flexibility index (Phi) is 4.12. The van der Waals surface area contributed by atoms with Crippen LogP contribution in [0, 0.1) is 24.7 Å². The smallest absolute Gasteiger partial charge is 0.328 e. The number of sulfonamides is 1. The quantitative estimate of drug-likeness (QED) is 0.894. The van der Waals surface area contributed by atoms with E-state index in [4.69, 9.17) is 0 Å². The highest BCUT2D eigenvalue weighted by Gasteiger charge is 2.39. The molecule has 0 aromatic heterocycles. The van der Waals surface area contributed by atoms with Gasteiger partial charge in [0.2, 0.25) is 0 Å². The van der Waals surface area contributed by atoms with E-state index >= 15 is 0 Å². The Bertz CT molecular complexity index is 654. The van der Waals surface area contributed by atoms with Crippen molar-refractivity contribution in [3.63, 3.8) is 0 Å². The summed E-state index contributed by atoms with van der Waals surface area (Å²) in [5, 5.41) is 2.72. The van der Waals surface area contributed by atoms with Crippen molar-refractivity contribution in [1.29, 1.82) is 0 Å². The number of amides is 2. The van der Waals surface area contributed by atoms with Crippen LogP contribution in [0.3, 0.4) is 0 Å². The van der Waals surface area contributed by atoms with Crippen LogP contribution in [0.4, 0.5) is 4.79 Å². The maximum absolute atomic E-state index is 12.1. The van der Waals surface area contributed by atoms with Crippen molar-refractivity contribution in [3.8, 4) is 0 Å². The van der Waals surface area contributed by atoms with E-state index in [9.17, 15) is 13.2 Å². The third kappa shape index (κ3) is 3.27. The van der Waals surface area contributed by atoms with Crippen LogP contribution >= 0.6 is 0 Å². The molecule has 3 atom stereocenters. The average Bonchev–Trinajstić information content (AvgIpc) is 3.07. The number of benzene rings is 1. The highest BCUT2D eigenvalue weighted by molar-refractivity contribution is 7.90. The van der Waals surface area contributed by atoms with E-state index in [1.165, 1.54) is 31.4 Å². The van der Waals surface area contributed by atoms with Crippen LogP contribution < -0.4 is 10.0 Å². The molecule has 1 aromatic rings. The van der Waals surface area contributed by atoms with Crippen LogP contribution in [0.5, 0.6) is 0 Å². The summed E-state index contributed by atoms with van der Waals surface area (Å²) in [6.45, 7) is 2.45. The zero-order valence-electron chi connectivity index (χ0n) is 12.7. The Morgan fingerprint density at radius 3 is 2.50 bits per heavy atom. The molecule has 2 saturated carbocycles. The fourth-order valence-electron chi connectivity index (χ4n) is 3.78. The SMILES string of the molecule is Cc1ccc(S(=O)(=O)NC(=O)NC[C@H]2C[C@H]3CC[C@@H]2C3)cc1. The highest BCUT2D eigenvalue weighted by Crippen LogP contribution is 2.47. The van der Waals surface area contributed by atoms with Crippen molar-refractivity contribution in [2.45, 2.75) is 37.5 Å². The van der Waals surface area contributed by atoms with Gasteiger partial charge in [-0.1, -0.05) is 24.1 Å². The molecule has 2 fully saturated rings. The van der Waals surface area contributed by atoms with Crippen molar-refractivity contribution in [3.05, 3.63) is 29.8 Å². The molecule has 1 aromatic carbocycles. The first kappa shape index (κ1) is 15.3. The van der Waals surface area contributed by atoms with E-state index in [1.807, 2.05) is 6.92 Å². The number of hydrogen-bond acceptors (Lipinski definition) is 3. The van der Waals surface area contributed by atoms with Crippen LogP contribution in [0.2, 0.25) is 0 Å². The van der Waals surface area contributed by atoms with Crippen LogP contribution in [0.15, 0.2) is 29.2 Å². The molecule has 2 aliphatic carbocycles. The normalized spacial score (nSPS) is 26.9. The summed E-state index contributed by atoms with van der Waals surface area (Å²) < 4.78 is 26.3. The Morgan fingerprint density at radius 1 is 1.18 bits per heavy atom. The van der Waals surface area contributed by atoms with Gasteiger partial charge in [0, 0.05) is 6.54 Å². The number of urea groups is 1. The fourth-order valence-corrected chi connectivity index (χ4v) is 4.71. The molecule has 120 valence electrons. The van der Waals surface area contributed by atoms with Gasteiger partial charge in [0.1, 0.15) is 0 Å². The zero-order valence-corrected chi connectivity index (χ0v) is 13.5. The first-order chi connectivity index (χ1) is 10.4. The molecule has 0 unspecified atom stereocenters. The Balaban J connectivity index is 1.53. The molecule has 0 spiro atoms. The Labute approximate surface area is 131 Å². The van der Waals surface area contributed by atoms with Gasteiger partial charge in [-0.15, -0.1) is 0 Å². The number of rotatable bonds is 4. The van der Waals surface area contributed by atoms with Gasteiger partial charge < -0.3 is 5.32 Å². The third-order valence-corrected chi connectivity index (χ3v) is 6.31. The zero-order chi connectivity index (χ0) is 15.7. The molecular weight excluding hydrogens is 300 g/mol. The monoisotopic (exact) mass is 322 g/mol. The number of hydrogen-bond donors (Lipinski definition) is 2. The van der Waals surface area contributed by atoms with Crippen molar-refractivity contribution in [1.82, 2.24) is 10.0 Å². The lowest BCUT2D eigenvalue weighted by Crippen LogP contribution is -2.42. The van der Waals surface area contributed by atoms with Gasteiger partial charge in [-0.3, -0.25) is 0 Å². The summed E-state index contributed by atoms with van der Waals surface area (Å²) in [5.74, 6) is 2.03. The van der Waals surface area contributed by atoms with Crippen LogP contribution in [0.25, 0.3) is 0 Å². The van der Waals surface area contributed by atoms with Crippen LogP contribution in [0.1, 0.15) is 31.2 Å². The lowest BCUT2D eigenvalue weighted by molar-refractivity contribution is 0.239. The van der Waals surface area contributed by atoms with E-state index in [1.54, 1.807) is 12.1 Å². The second-order valence-electron chi connectivity index (χ2n) is 6.56. The summed E-state index contributed by atoms with van der Waals surface area (Å²) in [6.07, 6.45) is 5.00. The van der Waals surface area contributed by atoms with Gasteiger partial charge in [0.05, 0.1) is 4.90 Å². The molecule has 0 radical (unpaired) electrons. The summed E-state index contributed by atoms with van der Waals surface area (Å²) in [5.41, 5.74) is 0.972. The first-order valence-corrected chi connectivity index (χ1v) is 9.29. The van der Waals surface area contributed by atoms with Gasteiger partial charge in [-0.25, -0.2) is 17.9 Å². The maximum Gasteiger partial charge on any atom is 0.328 e. The largest absolute Gasteiger partial charge is 0.337 e. The number of carbonyl (C=O) groups is 1. The van der Waals surface area contributed by atoms with Gasteiger partial charge in [0.25, 0.3) is 10.0 Å².